The van der Waals surface area contributed by atoms with Crippen molar-refractivity contribution in [3.63, 3.8) is 0 Å². The van der Waals surface area contributed by atoms with E-state index in [0.717, 1.165) is 22.4 Å². The Balaban J connectivity index is 1.54. The first-order valence-electron chi connectivity index (χ1n) is 10.7. The van der Waals surface area contributed by atoms with Crippen LogP contribution in [0.4, 0.5) is 0 Å². The zero-order valence-corrected chi connectivity index (χ0v) is 19.6. The summed E-state index contributed by atoms with van der Waals surface area (Å²) in [6.45, 7) is 1.63. The summed E-state index contributed by atoms with van der Waals surface area (Å²) < 4.78 is 22.3. The van der Waals surface area contributed by atoms with E-state index in [1.54, 1.807) is 28.4 Å². The molecule has 0 spiro atoms. The van der Waals surface area contributed by atoms with Gasteiger partial charge in [-0.1, -0.05) is 48.5 Å². The summed E-state index contributed by atoms with van der Waals surface area (Å²) in [5, 5.41) is 6.57. The molecule has 174 valence electrons. The van der Waals surface area contributed by atoms with Crippen molar-refractivity contribution < 1.29 is 18.9 Å². The van der Waals surface area contributed by atoms with Crippen molar-refractivity contribution in [1.29, 1.82) is 0 Å². The molecule has 0 aliphatic carbocycles. The number of hydrogen-bond donors (Lipinski definition) is 2. The number of para-hydroxylation sites is 1. The van der Waals surface area contributed by atoms with Crippen LogP contribution in [0.25, 0.3) is 11.1 Å². The molecule has 0 aliphatic heterocycles. The second-order valence-electron chi connectivity index (χ2n) is 7.10. The number of nitrogens with one attached hydrogen (secondary N) is 2. The topological polar surface area (TPSA) is 73.3 Å². The van der Waals surface area contributed by atoms with Gasteiger partial charge in [-0.2, -0.15) is 0 Å². The van der Waals surface area contributed by atoms with Gasteiger partial charge in [0.05, 0.1) is 27.9 Å². The van der Waals surface area contributed by atoms with Crippen molar-refractivity contribution in [3.05, 3.63) is 72.3 Å². The number of rotatable bonds is 10. The molecule has 7 nitrogen and oxygen atoms in total. The molecule has 0 bridgehead atoms. The molecule has 0 unspecified atom stereocenters. The van der Waals surface area contributed by atoms with Crippen molar-refractivity contribution in [1.82, 2.24) is 10.6 Å². The fourth-order valence-electron chi connectivity index (χ4n) is 3.42. The van der Waals surface area contributed by atoms with E-state index in [2.05, 4.69) is 33.8 Å². The van der Waals surface area contributed by atoms with Crippen LogP contribution in [0.2, 0.25) is 0 Å². The number of benzene rings is 3. The molecule has 0 atom stereocenters. The molecule has 3 aromatic rings. The normalized spacial score (nSPS) is 11.0. The van der Waals surface area contributed by atoms with Crippen LogP contribution in [0.3, 0.4) is 0 Å². The number of nitrogens with zero attached hydrogens (tertiary/aromatic N) is 1. The third-order valence-electron chi connectivity index (χ3n) is 5.03. The summed E-state index contributed by atoms with van der Waals surface area (Å²) in [7, 11) is 6.52. The van der Waals surface area contributed by atoms with E-state index >= 15 is 0 Å². The summed E-state index contributed by atoms with van der Waals surface area (Å²) >= 11 is 0. The average molecular weight is 450 g/mol. The van der Waals surface area contributed by atoms with Crippen LogP contribution < -0.4 is 29.6 Å². The molecule has 33 heavy (non-hydrogen) atoms. The van der Waals surface area contributed by atoms with Gasteiger partial charge in [0, 0.05) is 19.2 Å². The zero-order valence-electron chi connectivity index (χ0n) is 19.6. The van der Waals surface area contributed by atoms with Gasteiger partial charge in [-0.05, 0) is 29.3 Å². The molecule has 2 N–H and O–H groups in total. The maximum absolute atomic E-state index is 6.04. The molecular weight excluding hydrogens is 418 g/mol. The van der Waals surface area contributed by atoms with Crippen LogP contribution in [0.15, 0.2) is 71.7 Å². The van der Waals surface area contributed by atoms with Gasteiger partial charge in [0.1, 0.15) is 12.4 Å². The van der Waals surface area contributed by atoms with Gasteiger partial charge in [-0.3, -0.25) is 4.99 Å². The summed E-state index contributed by atoms with van der Waals surface area (Å²) in [6.07, 6.45) is 0. The third kappa shape index (κ3) is 6.32. The Morgan fingerprint density at radius 3 is 2.09 bits per heavy atom. The van der Waals surface area contributed by atoms with Crippen LogP contribution in [-0.2, 0) is 6.54 Å². The third-order valence-corrected chi connectivity index (χ3v) is 5.03. The van der Waals surface area contributed by atoms with Crippen molar-refractivity contribution >= 4 is 5.96 Å². The number of hydrogen-bond acceptors (Lipinski definition) is 5. The van der Waals surface area contributed by atoms with E-state index in [0.29, 0.717) is 42.9 Å². The van der Waals surface area contributed by atoms with Gasteiger partial charge in [-0.25, -0.2) is 0 Å². The lowest BCUT2D eigenvalue weighted by Crippen LogP contribution is -2.38. The second kappa shape index (κ2) is 12.2. The second-order valence-corrected chi connectivity index (χ2v) is 7.10. The molecule has 0 amide bonds. The van der Waals surface area contributed by atoms with Crippen LogP contribution in [0, 0.1) is 0 Å². The van der Waals surface area contributed by atoms with Crippen LogP contribution in [0.5, 0.6) is 23.0 Å². The molecule has 3 rings (SSSR count). The van der Waals surface area contributed by atoms with Crippen LogP contribution in [0.1, 0.15) is 5.56 Å². The molecule has 0 aromatic heterocycles. The highest BCUT2D eigenvalue weighted by Crippen LogP contribution is 2.38. The van der Waals surface area contributed by atoms with Crippen molar-refractivity contribution in [3.8, 4) is 34.1 Å². The van der Waals surface area contributed by atoms with E-state index in [9.17, 15) is 0 Å². The molecule has 0 saturated carbocycles. The fourth-order valence-corrected chi connectivity index (χ4v) is 3.42. The van der Waals surface area contributed by atoms with E-state index in [4.69, 9.17) is 18.9 Å². The Bertz CT molecular complexity index is 1030. The smallest absolute Gasteiger partial charge is 0.203 e. The Hall–Kier alpha value is -3.87. The van der Waals surface area contributed by atoms with E-state index < -0.39 is 0 Å². The Morgan fingerprint density at radius 1 is 0.788 bits per heavy atom. The lowest BCUT2D eigenvalue weighted by atomic mass is 10.1. The lowest BCUT2D eigenvalue weighted by Gasteiger charge is -2.16. The summed E-state index contributed by atoms with van der Waals surface area (Å²) in [6, 6.07) is 22.1. The molecule has 7 heteroatoms. The fraction of sp³-hybridized carbons (Fsp3) is 0.269. The highest BCUT2D eigenvalue weighted by atomic mass is 16.5. The molecule has 0 fully saturated rings. The van der Waals surface area contributed by atoms with E-state index in [-0.39, 0.29) is 0 Å². The molecular formula is C26H31N3O4. The van der Waals surface area contributed by atoms with E-state index in [1.807, 2.05) is 48.5 Å². The minimum Gasteiger partial charge on any atom is -0.493 e. The highest BCUT2D eigenvalue weighted by Gasteiger charge is 2.13. The summed E-state index contributed by atoms with van der Waals surface area (Å²) in [5.74, 6) is 3.32. The maximum atomic E-state index is 6.04. The predicted molar refractivity (Wildman–Crippen MR) is 132 cm³/mol. The minimum absolute atomic E-state index is 0.495. The minimum atomic E-state index is 0.495. The predicted octanol–water partition coefficient (Wildman–Crippen LogP) is 4.12. The van der Waals surface area contributed by atoms with Crippen molar-refractivity contribution in [2.24, 2.45) is 4.99 Å². The standard InChI is InChI=1S/C26H31N3O4/c1-27-26(29-18-19-16-23(30-2)25(32-4)24(17-19)31-3)28-14-15-33-22-13-9-8-12-21(22)20-10-6-5-7-11-20/h5-13,16-17H,14-15,18H2,1-4H3,(H2,27,28,29). The van der Waals surface area contributed by atoms with Gasteiger partial charge < -0.3 is 29.6 Å². The van der Waals surface area contributed by atoms with Crippen LogP contribution in [-0.4, -0.2) is 47.5 Å². The molecule has 0 saturated heterocycles. The largest absolute Gasteiger partial charge is 0.493 e. The summed E-state index contributed by atoms with van der Waals surface area (Å²) in [4.78, 5) is 4.28. The molecule has 0 aliphatic rings. The zero-order chi connectivity index (χ0) is 23.5. The number of ether oxygens (including phenoxy) is 4. The van der Waals surface area contributed by atoms with Crippen molar-refractivity contribution in [2.75, 3.05) is 41.5 Å². The summed E-state index contributed by atoms with van der Waals surface area (Å²) in [5.41, 5.74) is 3.17. The van der Waals surface area contributed by atoms with Crippen molar-refractivity contribution in [2.45, 2.75) is 6.54 Å². The number of methoxy groups -OCH3 is 3. The molecule has 3 aromatic carbocycles. The maximum Gasteiger partial charge on any atom is 0.203 e. The lowest BCUT2D eigenvalue weighted by molar-refractivity contribution is 0.323. The first-order chi connectivity index (χ1) is 16.2. The molecule has 0 heterocycles. The van der Waals surface area contributed by atoms with Gasteiger partial charge in [0.2, 0.25) is 5.75 Å². The Kier molecular flexibility index (Phi) is 8.82. The number of guanidine groups is 1. The Morgan fingerprint density at radius 2 is 1.45 bits per heavy atom. The first kappa shape index (κ1) is 23.8. The molecule has 0 radical (unpaired) electrons. The van der Waals surface area contributed by atoms with Gasteiger partial charge >= 0.3 is 0 Å². The van der Waals surface area contributed by atoms with E-state index in [1.165, 1.54) is 0 Å². The quantitative estimate of drug-likeness (QED) is 0.276. The number of aliphatic imine (C=N–C) groups is 1. The SMILES string of the molecule is CN=C(NCCOc1ccccc1-c1ccccc1)NCc1cc(OC)c(OC)c(OC)c1. The Labute approximate surface area is 195 Å². The van der Waals surface area contributed by atoms with Gasteiger partial charge in [0.25, 0.3) is 0 Å². The highest BCUT2D eigenvalue weighted by molar-refractivity contribution is 5.79. The van der Waals surface area contributed by atoms with Gasteiger partial charge in [0.15, 0.2) is 17.5 Å². The average Bonchev–Trinajstić information content (AvgIpc) is 2.88. The van der Waals surface area contributed by atoms with Crippen LogP contribution >= 0.6 is 0 Å². The van der Waals surface area contributed by atoms with Gasteiger partial charge in [-0.15, -0.1) is 0 Å². The first-order valence-corrected chi connectivity index (χ1v) is 10.7. The monoisotopic (exact) mass is 449 g/mol.